The second-order valence-corrected chi connectivity index (χ2v) is 8.46. The van der Waals surface area contributed by atoms with Crippen molar-refractivity contribution in [2.75, 3.05) is 44.8 Å². The molecule has 0 saturated carbocycles. The van der Waals surface area contributed by atoms with Crippen molar-refractivity contribution in [3.8, 4) is 0 Å². The van der Waals surface area contributed by atoms with Gasteiger partial charge in [-0.2, -0.15) is 0 Å². The Kier molecular flexibility index (Phi) is 7.62. The van der Waals surface area contributed by atoms with Crippen LogP contribution in [0.25, 0.3) is 0 Å². The van der Waals surface area contributed by atoms with Gasteiger partial charge in [0.15, 0.2) is 0 Å². The molecule has 152 valence electrons. The normalized spacial score (nSPS) is 16.8. The summed E-state index contributed by atoms with van der Waals surface area (Å²) in [7, 11) is 1.72. The number of nitrogens with two attached hydrogens (primary N) is 1. The highest BCUT2D eigenvalue weighted by Gasteiger charge is 2.43. The van der Waals surface area contributed by atoms with Gasteiger partial charge in [-0.05, 0) is 42.8 Å². The first-order valence-corrected chi connectivity index (χ1v) is 10.9. The Morgan fingerprint density at radius 1 is 1.21 bits per heavy atom. The van der Waals surface area contributed by atoms with Crippen molar-refractivity contribution >= 4 is 22.9 Å². The van der Waals surface area contributed by atoms with Gasteiger partial charge in [-0.3, -0.25) is 4.79 Å². The molecular formula is C22H31N3O2S. The van der Waals surface area contributed by atoms with Crippen LogP contribution in [0.3, 0.4) is 0 Å². The Bertz CT molecular complexity index is 713. The zero-order valence-corrected chi connectivity index (χ0v) is 17.5. The molecule has 1 aliphatic heterocycles. The van der Waals surface area contributed by atoms with Crippen LogP contribution in [0.15, 0.2) is 47.8 Å². The molecule has 2 aromatic rings. The maximum Gasteiger partial charge on any atom is 0.228 e. The number of methoxy groups -OCH3 is 1. The van der Waals surface area contributed by atoms with Crippen molar-refractivity contribution in [3.05, 3.63) is 52.7 Å². The van der Waals surface area contributed by atoms with Crippen LogP contribution >= 0.6 is 11.3 Å². The van der Waals surface area contributed by atoms with Crippen LogP contribution in [0.1, 0.15) is 24.1 Å². The van der Waals surface area contributed by atoms with E-state index in [4.69, 9.17) is 10.5 Å². The molecule has 0 unspecified atom stereocenters. The number of nitrogens with zero attached hydrogens (tertiary/aromatic N) is 2. The molecule has 1 amide bonds. The molecule has 1 aromatic heterocycles. The summed E-state index contributed by atoms with van der Waals surface area (Å²) in [5.74, 6) is 0.0813. The molecule has 6 heteroatoms. The van der Waals surface area contributed by atoms with Gasteiger partial charge >= 0.3 is 0 Å². The number of thiophene rings is 1. The number of carbonyl (C=O) groups is 1. The fourth-order valence-corrected chi connectivity index (χ4v) is 4.81. The molecule has 0 bridgehead atoms. The maximum absolute atomic E-state index is 13.1. The number of ether oxygens (including phenoxy) is 1. The highest BCUT2D eigenvalue weighted by molar-refractivity contribution is 7.09. The zero-order valence-electron chi connectivity index (χ0n) is 16.7. The number of benzene rings is 1. The summed E-state index contributed by atoms with van der Waals surface area (Å²) in [5.41, 5.74) is 6.33. The first-order chi connectivity index (χ1) is 13.7. The summed E-state index contributed by atoms with van der Waals surface area (Å²) in [5, 5.41) is 2.13. The van der Waals surface area contributed by atoms with Crippen molar-refractivity contribution < 1.29 is 9.53 Å². The summed E-state index contributed by atoms with van der Waals surface area (Å²) in [6, 6.07) is 14.3. The molecule has 1 saturated heterocycles. The van der Waals surface area contributed by atoms with E-state index in [1.165, 1.54) is 4.88 Å². The number of amides is 1. The minimum absolute atomic E-state index is 0.0813. The third kappa shape index (κ3) is 5.00. The smallest absolute Gasteiger partial charge is 0.228 e. The lowest BCUT2D eigenvalue weighted by Gasteiger charge is -2.48. The van der Waals surface area contributed by atoms with Crippen LogP contribution in [0.2, 0.25) is 0 Å². The van der Waals surface area contributed by atoms with Gasteiger partial charge in [0.05, 0.1) is 12.1 Å². The van der Waals surface area contributed by atoms with Crippen LogP contribution in [0.4, 0.5) is 5.69 Å². The fourth-order valence-electron chi connectivity index (χ4n) is 4.11. The lowest BCUT2D eigenvalue weighted by atomic mass is 9.85. The SMILES string of the molecule is COCC1(N(C(=O)CCN)c2ccccc2)CCN(CCc2cccs2)CC1. The quantitative estimate of drug-likeness (QED) is 0.701. The molecule has 1 aliphatic rings. The number of piperidine rings is 1. The molecule has 1 aromatic carbocycles. The number of likely N-dealkylation sites (tertiary alicyclic amines) is 1. The lowest BCUT2D eigenvalue weighted by Crippen LogP contribution is -2.60. The monoisotopic (exact) mass is 401 g/mol. The van der Waals surface area contributed by atoms with Gasteiger partial charge in [0.2, 0.25) is 5.91 Å². The van der Waals surface area contributed by atoms with Gasteiger partial charge in [0.25, 0.3) is 0 Å². The first kappa shape index (κ1) is 21.0. The van der Waals surface area contributed by atoms with Crippen LogP contribution in [-0.2, 0) is 16.0 Å². The summed E-state index contributed by atoms with van der Waals surface area (Å²) >= 11 is 1.82. The summed E-state index contributed by atoms with van der Waals surface area (Å²) in [6.45, 7) is 3.89. The molecule has 3 rings (SSSR count). The van der Waals surface area contributed by atoms with E-state index >= 15 is 0 Å². The third-order valence-electron chi connectivity index (χ3n) is 5.55. The number of carbonyl (C=O) groups excluding carboxylic acids is 1. The Morgan fingerprint density at radius 3 is 2.57 bits per heavy atom. The molecule has 0 spiro atoms. The van der Waals surface area contributed by atoms with E-state index in [2.05, 4.69) is 22.4 Å². The minimum Gasteiger partial charge on any atom is -0.382 e. The topological polar surface area (TPSA) is 58.8 Å². The molecule has 0 atom stereocenters. The highest BCUT2D eigenvalue weighted by atomic mass is 32.1. The zero-order chi connectivity index (χ0) is 19.8. The lowest BCUT2D eigenvalue weighted by molar-refractivity contribution is -0.120. The van der Waals surface area contributed by atoms with Gasteiger partial charge in [-0.15, -0.1) is 11.3 Å². The predicted octanol–water partition coefficient (Wildman–Crippen LogP) is 3.15. The number of para-hydroxylation sites is 1. The maximum atomic E-state index is 13.1. The van der Waals surface area contributed by atoms with E-state index in [-0.39, 0.29) is 11.4 Å². The standard InChI is InChI=1S/C22H31N3O2S/c1-27-18-22(25(21(26)9-13-23)19-6-3-2-4-7-19)11-15-24(16-12-22)14-10-20-8-5-17-28-20/h2-8,17H,9-16,18,23H2,1H3. The summed E-state index contributed by atoms with van der Waals surface area (Å²) < 4.78 is 5.63. The van der Waals surface area contributed by atoms with Crippen molar-refractivity contribution in [2.45, 2.75) is 31.2 Å². The number of anilines is 1. The Hall–Kier alpha value is -1.73. The Morgan fingerprint density at radius 2 is 1.96 bits per heavy atom. The third-order valence-corrected chi connectivity index (χ3v) is 6.49. The van der Waals surface area contributed by atoms with Crippen molar-refractivity contribution in [3.63, 3.8) is 0 Å². The Balaban J connectivity index is 1.75. The second-order valence-electron chi connectivity index (χ2n) is 7.43. The molecule has 1 fully saturated rings. The van der Waals surface area contributed by atoms with E-state index in [1.54, 1.807) is 7.11 Å². The van der Waals surface area contributed by atoms with E-state index in [9.17, 15) is 4.79 Å². The summed E-state index contributed by atoms with van der Waals surface area (Å²) in [6.07, 6.45) is 3.23. The van der Waals surface area contributed by atoms with E-state index in [0.717, 1.165) is 44.6 Å². The predicted molar refractivity (Wildman–Crippen MR) is 116 cm³/mol. The fraction of sp³-hybridized carbons (Fsp3) is 0.500. The minimum atomic E-state index is -0.318. The van der Waals surface area contributed by atoms with Crippen LogP contribution in [0, 0.1) is 0 Å². The van der Waals surface area contributed by atoms with E-state index in [1.807, 2.05) is 46.6 Å². The molecular weight excluding hydrogens is 370 g/mol. The molecule has 2 heterocycles. The molecule has 0 aliphatic carbocycles. The molecule has 5 nitrogen and oxygen atoms in total. The average molecular weight is 402 g/mol. The van der Waals surface area contributed by atoms with Crippen LogP contribution in [-0.4, -0.2) is 56.2 Å². The molecule has 28 heavy (non-hydrogen) atoms. The van der Waals surface area contributed by atoms with Crippen molar-refractivity contribution in [2.24, 2.45) is 5.73 Å². The average Bonchev–Trinajstić information content (AvgIpc) is 3.23. The van der Waals surface area contributed by atoms with E-state index in [0.29, 0.717) is 19.6 Å². The number of hydrogen-bond donors (Lipinski definition) is 1. The number of hydrogen-bond acceptors (Lipinski definition) is 5. The van der Waals surface area contributed by atoms with Gasteiger partial charge in [0, 0.05) is 50.3 Å². The second kappa shape index (κ2) is 10.2. The Labute approximate surface area is 172 Å². The van der Waals surface area contributed by atoms with E-state index < -0.39 is 0 Å². The first-order valence-electron chi connectivity index (χ1n) is 10.0. The van der Waals surface area contributed by atoms with Crippen LogP contribution < -0.4 is 10.6 Å². The van der Waals surface area contributed by atoms with Crippen LogP contribution in [0.5, 0.6) is 0 Å². The molecule has 2 N–H and O–H groups in total. The van der Waals surface area contributed by atoms with Gasteiger partial charge in [-0.25, -0.2) is 0 Å². The van der Waals surface area contributed by atoms with Crippen molar-refractivity contribution in [1.29, 1.82) is 0 Å². The van der Waals surface area contributed by atoms with Gasteiger partial charge in [0.1, 0.15) is 0 Å². The van der Waals surface area contributed by atoms with Gasteiger partial charge in [-0.1, -0.05) is 24.3 Å². The largest absolute Gasteiger partial charge is 0.382 e. The molecule has 0 radical (unpaired) electrons. The van der Waals surface area contributed by atoms with Gasteiger partial charge < -0.3 is 20.3 Å². The van der Waals surface area contributed by atoms with Crippen molar-refractivity contribution in [1.82, 2.24) is 4.90 Å². The summed E-state index contributed by atoms with van der Waals surface area (Å²) in [4.78, 5) is 19.0. The number of rotatable bonds is 9. The highest BCUT2D eigenvalue weighted by Crippen LogP contribution is 2.34.